The van der Waals surface area contributed by atoms with E-state index in [-0.39, 0.29) is 6.04 Å². The molecule has 4 nitrogen and oxygen atoms in total. The van der Waals surface area contributed by atoms with E-state index >= 15 is 0 Å². The van der Waals surface area contributed by atoms with E-state index in [4.69, 9.17) is 10.3 Å². The van der Waals surface area contributed by atoms with Crippen LogP contribution in [0, 0.1) is 5.92 Å². The molecule has 0 radical (unpaired) electrons. The van der Waals surface area contributed by atoms with E-state index < -0.39 is 0 Å². The number of rotatable bonds is 4. The summed E-state index contributed by atoms with van der Waals surface area (Å²) in [5, 5.41) is 5.95. The van der Waals surface area contributed by atoms with Crippen molar-refractivity contribution in [1.29, 1.82) is 0 Å². The fraction of sp³-hybridized carbons (Fsp3) is 0.455. The Balaban J connectivity index is 2.08. The van der Waals surface area contributed by atoms with Crippen LogP contribution < -0.4 is 5.73 Å². The second-order valence-electron chi connectivity index (χ2n) is 4.07. The van der Waals surface area contributed by atoms with Crippen molar-refractivity contribution in [3.63, 3.8) is 0 Å². The van der Waals surface area contributed by atoms with E-state index in [0.717, 1.165) is 0 Å². The first-order chi connectivity index (χ1) is 7.66. The van der Waals surface area contributed by atoms with E-state index in [1.807, 2.05) is 25.3 Å². The van der Waals surface area contributed by atoms with Crippen molar-refractivity contribution in [2.45, 2.75) is 26.3 Å². The Bertz CT molecular complexity index is 436. The van der Waals surface area contributed by atoms with Crippen molar-refractivity contribution in [2.24, 2.45) is 11.7 Å². The molecule has 0 fully saturated rings. The molecule has 0 aliphatic rings. The van der Waals surface area contributed by atoms with Crippen molar-refractivity contribution in [3.05, 3.63) is 34.1 Å². The molecule has 1 atom stereocenters. The quantitative estimate of drug-likeness (QED) is 0.886. The van der Waals surface area contributed by atoms with Gasteiger partial charge >= 0.3 is 0 Å². The van der Waals surface area contributed by atoms with Gasteiger partial charge < -0.3 is 10.3 Å². The molecule has 2 rings (SSSR count). The molecule has 5 heteroatoms. The van der Waals surface area contributed by atoms with Crippen LogP contribution in [0.25, 0.3) is 0 Å². The molecule has 0 aliphatic heterocycles. The first-order valence-corrected chi connectivity index (χ1v) is 6.15. The van der Waals surface area contributed by atoms with Gasteiger partial charge in [-0.05, 0) is 17.4 Å². The Morgan fingerprint density at radius 1 is 1.50 bits per heavy atom. The SMILES string of the molecule is CC(C)C(N)c1noc(Cc2cccs2)n1. The van der Waals surface area contributed by atoms with Gasteiger partial charge in [0.05, 0.1) is 12.5 Å². The molecule has 2 heterocycles. The topological polar surface area (TPSA) is 64.9 Å². The van der Waals surface area contributed by atoms with Gasteiger partial charge in [-0.3, -0.25) is 0 Å². The lowest BCUT2D eigenvalue weighted by atomic mass is 10.1. The molecular weight excluding hydrogens is 222 g/mol. The fourth-order valence-corrected chi connectivity index (χ4v) is 2.03. The summed E-state index contributed by atoms with van der Waals surface area (Å²) in [6.07, 6.45) is 0.690. The van der Waals surface area contributed by atoms with Crippen molar-refractivity contribution in [2.75, 3.05) is 0 Å². The third kappa shape index (κ3) is 2.48. The molecule has 0 aliphatic carbocycles. The van der Waals surface area contributed by atoms with Crippen molar-refractivity contribution < 1.29 is 4.52 Å². The van der Waals surface area contributed by atoms with E-state index in [9.17, 15) is 0 Å². The fourth-order valence-electron chi connectivity index (χ4n) is 1.34. The number of thiophene rings is 1. The molecular formula is C11H15N3OS. The maximum absolute atomic E-state index is 5.94. The minimum absolute atomic E-state index is 0.152. The molecule has 0 aromatic carbocycles. The second-order valence-corrected chi connectivity index (χ2v) is 5.10. The zero-order valence-corrected chi connectivity index (χ0v) is 10.2. The summed E-state index contributed by atoms with van der Waals surface area (Å²) < 4.78 is 5.17. The lowest BCUT2D eigenvalue weighted by molar-refractivity contribution is 0.368. The number of nitrogens with zero attached hydrogens (tertiary/aromatic N) is 2. The predicted octanol–water partition coefficient (Wildman–Crippen LogP) is 2.38. The van der Waals surface area contributed by atoms with Crippen LogP contribution in [0.3, 0.4) is 0 Å². The van der Waals surface area contributed by atoms with Crippen LogP contribution in [0.15, 0.2) is 22.0 Å². The van der Waals surface area contributed by atoms with Crippen LogP contribution in [-0.2, 0) is 6.42 Å². The van der Waals surface area contributed by atoms with Crippen LogP contribution in [0.1, 0.15) is 36.5 Å². The Labute approximate surface area is 98.5 Å². The van der Waals surface area contributed by atoms with Gasteiger partial charge in [0.2, 0.25) is 5.89 Å². The van der Waals surface area contributed by atoms with Gasteiger partial charge in [0, 0.05) is 4.88 Å². The molecule has 2 aromatic rings. The van der Waals surface area contributed by atoms with Gasteiger partial charge in [0.15, 0.2) is 5.82 Å². The number of aromatic nitrogens is 2. The zero-order valence-electron chi connectivity index (χ0n) is 9.38. The van der Waals surface area contributed by atoms with Gasteiger partial charge in [-0.2, -0.15) is 4.98 Å². The second kappa shape index (κ2) is 4.76. The molecule has 1 unspecified atom stereocenters. The third-order valence-electron chi connectivity index (χ3n) is 2.41. The van der Waals surface area contributed by atoms with Crippen LogP contribution in [0.2, 0.25) is 0 Å². The van der Waals surface area contributed by atoms with Gasteiger partial charge in [0.25, 0.3) is 0 Å². The maximum Gasteiger partial charge on any atom is 0.231 e. The summed E-state index contributed by atoms with van der Waals surface area (Å²) in [7, 11) is 0. The molecule has 0 spiro atoms. The molecule has 0 saturated heterocycles. The molecule has 2 N–H and O–H groups in total. The molecule has 0 amide bonds. The van der Waals surface area contributed by atoms with Gasteiger partial charge in [-0.15, -0.1) is 11.3 Å². The highest BCUT2D eigenvalue weighted by Gasteiger charge is 2.17. The van der Waals surface area contributed by atoms with Crippen molar-refractivity contribution in [1.82, 2.24) is 10.1 Å². The van der Waals surface area contributed by atoms with Crippen LogP contribution in [0.4, 0.5) is 0 Å². The average Bonchev–Trinajstić information content (AvgIpc) is 2.88. The van der Waals surface area contributed by atoms with E-state index in [1.54, 1.807) is 11.3 Å². The van der Waals surface area contributed by atoms with Gasteiger partial charge in [-0.25, -0.2) is 0 Å². The monoisotopic (exact) mass is 237 g/mol. The first kappa shape index (κ1) is 11.3. The summed E-state index contributed by atoms with van der Waals surface area (Å²) in [6, 6.07) is 3.91. The highest BCUT2D eigenvalue weighted by atomic mass is 32.1. The largest absolute Gasteiger partial charge is 0.339 e. The van der Waals surface area contributed by atoms with Crippen LogP contribution >= 0.6 is 11.3 Å². The lowest BCUT2D eigenvalue weighted by Gasteiger charge is -2.09. The van der Waals surface area contributed by atoms with E-state index in [1.165, 1.54) is 4.88 Å². The van der Waals surface area contributed by atoms with Gasteiger partial charge in [0.1, 0.15) is 0 Å². The van der Waals surface area contributed by atoms with Crippen molar-refractivity contribution in [3.8, 4) is 0 Å². The summed E-state index contributed by atoms with van der Waals surface area (Å²) in [5.41, 5.74) is 5.94. The smallest absolute Gasteiger partial charge is 0.231 e. The number of hydrogen-bond donors (Lipinski definition) is 1. The van der Waals surface area contributed by atoms with Crippen LogP contribution in [-0.4, -0.2) is 10.1 Å². The lowest BCUT2D eigenvalue weighted by Crippen LogP contribution is -2.18. The van der Waals surface area contributed by atoms with Gasteiger partial charge in [-0.1, -0.05) is 25.1 Å². The molecule has 86 valence electrons. The molecule has 0 bridgehead atoms. The highest BCUT2D eigenvalue weighted by Crippen LogP contribution is 2.18. The Hall–Kier alpha value is -1.20. The summed E-state index contributed by atoms with van der Waals surface area (Å²) in [4.78, 5) is 5.53. The Morgan fingerprint density at radius 2 is 2.31 bits per heavy atom. The molecule has 0 saturated carbocycles. The minimum atomic E-state index is -0.152. The average molecular weight is 237 g/mol. The number of nitrogens with two attached hydrogens (primary N) is 1. The summed E-state index contributed by atoms with van der Waals surface area (Å²) in [6.45, 7) is 4.08. The highest BCUT2D eigenvalue weighted by molar-refractivity contribution is 7.09. The third-order valence-corrected chi connectivity index (χ3v) is 3.28. The maximum atomic E-state index is 5.94. The van der Waals surface area contributed by atoms with E-state index in [0.29, 0.717) is 24.1 Å². The van der Waals surface area contributed by atoms with E-state index in [2.05, 4.69) is 16.2 Å². The number of hydrogen-bond acceptors (Lipinski definition) is 5. The summed E-state index contributed by atoms with van der Waals surface area (Å²) in [5.74, 6) is 1.54. The first-order valence-electron chi connectivity index (χ1n) is 5.27. The summed E-state index contributed by atoms with van der Waals surface area (Å²) >= 11 is 1.68. The standard InChI is InChI=1S/C11H15N3OS/c1-7(2)10(12)11-13-9(15-14-11)6-8-4-3-5-16-8/h3-5,7,10H,6,12H2,1-2H3. The Morgan fingerprint density at radius 3 is 2.94 bits per heavy atom. The van der Waals surface area contributed by atoms with Crippen LogP contribution in [0.5, 0.6) is 0 Å². The normalized spacial score (nSPS) is 13.2. The molecule has 16 heavy (non-hydrogen) atoms. The minimum Gasteiger partial charge on any atom is -0.339 e. The molecule has 2 aromatic heterocycles. The van der Waals surface area contributed by atoms with Crippen molar-refractivity contribution >= 4 is 11.3 Å². The predicted molar refractivity (Wildman–Crippen MR) is 63.2 cm³/mol. The Kier molecular flexibility index (Phi) is 3.36. The zero-order chi connectivity index (χ0) is 11.5.